The number of carbonyl (C=O) groups is 2. The molecule has 0 aromatic carbocycles. The highest BCUT2D eigenvalue weighted by Crippen LogP contribution is 2.29. The van der Waals surface area contributed by atoms with Crippen molar-refractivity contribution in [2.45, 2.75) is 156 Å². The Balaban J connectivity index is 2.10. The van der Waals surface area contributed by atoms with E-state index in [1.54, 1.807) is 0 Å². The monoisotopic (exact) mass is 545 g/mol. The largest absolute Gasteiger partial charge is 0.481 e. The van der Waals surface area contributed by atoms with Gasteiger partial charge in [0.05, 0.1) is 12.5 Å². The predicted molar refractivity (Wildman–Crippen MR) is 158 cm³/mol. The van der Waals surface area contributed by atoms with Crippen molar-refractivity contribution in [3.8, 4) is 0 Å². The molecule has 39 heavy (non-hydrogen) atoms. The molecule has 0 saturated heterocycles. The minimum atomic E-state index is -0.936. The molecule has 2 rings (SSSR count). The molecule has 0 aliphatic heterocycles. The van der Waals surface area contributed by atoms with E-state index < -0.39 is 5.97 Å². The van der Waals surface area contributed by atoms with Crippen LogP contribution in [0.4, 0.5) is 0 Å². The van der Waals surface area contributed by atoms with Crippen molar-refractivity contribution >= 4 is 17.5 Å². The highest BCUT2D eigenvalue weighted by Gasteiger charge is 2.30. The number of nitrogens with zero attached hydrogens (tertiary/aromatic N) is 4. The number of unbranched alkanes of at least 4 members (excludes halogenated alkanes) is 14. The van der Waals surface area contributed by atoms with E-state index in [2.05, 4.69) is 29.1 Å². The molecule has 0 aliphatic rings. The lowest BCUT2D eigenvalue weighted by Crippen LogP contribution is -2.37. The second-order valence-electron chi connectivity index (χ2n) is 11.3. The Kier molecular flexibility index (Phi) is 15.8. The van der Waals surface area contributed by atoms with Gasteiger partial charge in [-0.05, 0) is 26.7 Å². The molecule has 8 heteroatoms. The summed E-state index contributed by atoms with van der Waals surface area (Å²) in [6.07, 6.45) is 20.1. The molecule has 2 N–H and O–H groups in total. The molecular weight excluding hydrogens is 490 g/mol. The number of hydrogen-bond donors (Lipinski definition) is 2. The van der Waals surface area contributed by atoms with Gasteiger partial charge in [-0.15, -0.1) is 10.2 Å². The van der Waals surface area contributed by atoms with Gasteiger partial charge in [0, 0.05) is 24.2 Å². The van der Waals surface area contributed by atoms with E-state index in [0.29, 0.717) is 6.54 Å². The van der Waals surface area contributed by atoms with E-state index in [1.165, 1.54) is 70.6 Å². The van der Waals surface area contributed by atoms with Crippen LogP contribution in [0, 0.1) is 13.8 Å². The summed E-state index contributed by atoms with van der Waals surface area (Å²) in [6.45, 7) is 9.15. The number of aromatic nitrogens is 4. The zero-order valence-corrected chi connectivity index (χ0v) is 25.3. The molecule has 0 radical (unpaired) electrons. The van der Waals surface area contributed by atoms with Crippen LogP contribution in [0.2, 0.25) is 0 Å². The van der Waals surface area contributed by atoms with Gasteiger partial charge >= 0.3 is 5.97 Å². The van der Waals surface area contributed by atoms with Gasteiger partial charge in [-0.3, -0.25) is 14.7 Å². The number of hydrogen-bond acceptors (Lipinski definition) is 4. The summed E-state index contributed by atoms with van der Waals surface area (Å²) in [5.74, 6) is -0.277. The average Bonchev–Trinajstić information content (AvgIpc) is 3.45. The molecule has 1 amide bonds. The van der Waals surface area contributed by atoms with Gasteiger partial charge in [0.2, 0.25) is 5.91 Å². The van der Waals surface area contributed by atoms with Crippen LogP contribution in [0.3, 0.4) is 0 Å². The second-order valence-corrected chi connectivity index (χ2v) is 11.3. The summed E-state index contributed by atoms with van der Waals surface area (Å²) in [6, 6.07) is -0.219. The molecule has 222 valence electrons. The van der Waals surface area contributed by atoms with Crippen LogP contribution in [0.15, 0.2) is 0 Å². The lowest BCUT2D eigenvalue weighted by atomic mass is 10.0. The van der Waals surface area contributed by atoms with Gasteiger partial charge in [0.15, 0.2) is 11.5 Å². The Bertz CT molecular complexity index is 967. The van der Waals surface area contributed by atoms with Crippen molar-refractivity contribution in [1.29, 1.82) is 0 Å². The average molecular weight is 546 g/mol. The fraction of sp³-hybridized carbons (Fsp3) is 0.806. The number of aromatic amines is 1. The number of aliphatic carboxylic acids is 1. The first-order valence-electron chi connectivity index (χ1n) is 15.8. The number of aryl methyl sites for hydroxylation is 2. The maximum atomic E-state index is 13.4. The predicted octanol–water partition coefficient (Wildman–Crippen LogP) is 8.08. The van der Waals surface area contributed by atoms with Crippen molar-refractivity contribution in [1.82, 2.24) is 24.7 Å². The van der Waals surface area contributed by atoms with E-state index in [9.17, 15) is 14.7 Å². The number of carboxylic acid groups (broad SMARTS) is 1. The third-order valence-electron chi connectivity index (χ3n) is 8.00. The molecule has 0 saturated carbocycles. The van der Waals surface area contributed by atoms with Crippen molar-refractivity contribution in [3.05, 3.63) is 17.1 Å². The molecule has 2 aromatic heterocycles. The van der Waals surface area contributed by atoms with Gasteiger partial charge < -0.3 is 10.0 Å². The van der Waals surface area contributed by atoms with Gasteiger partial charge in [-0.25, -0.2) is 4.52 Å². The zero-order valence-electron chi connectivity index (χ0n) is 25.3. The summed E-state index contributed by atoms with van der Waals surface area (Å²) >= 11 is 0. The number of carbonyl (C=O) groups excluding carboxylic acids is 1. The summed E-state index contributed by atoms with van der Waals surface area (Å²) in [7, 11) is 0. The molecule has 1 unspecified atom stereocenters. The molecule has 2 heterocycles. The summed E-state index contributed by atoms with van der Waals surface area (Å²) in [4.78, 5) is 26.6. The Morgan fingerprint density at radius 2 is 1.33 bits per heavy atom. The number of nitrogens with one attached hydrogen (secondary N) is 1. The first-order valence-corrected chi connectivity index (χ1v) is 15.8. The Labute approximate surface area is 236 Å². The first-order chi connectivity index (χ1) is 18.9. The molecule has 0 aliphatic carbocycles. The minimum absolute atomic E-state index is 0.0183. The molecular formula is C31H55N5O3. The summed E-state index contributed by atoms with van der Waals surface area (Å²) in [5.41, 5.74) is 2.90. The van der Waals surface area contributed by atoms with E-state index in [-0.39, 0.29) is 24.8 Å². The number of rotatable bonds is 23. The quantitative estimate of drug-likeness (QED) is 0.137. The van der Waals surface area contributed by atoms with Crippen LogP contribution in [0.1, 0.15) is 159 Å². The summed E-state index contributed by atoms with van der Waals surface area (Å²) in [5, 5.41) is 21.6. The molecule has 2 aromatic rings. The van der Waals surface area contributed by atoms with Crippen molar-refractivity contribution in [2.75, 3.05) is 6.54 Å². The third kappa shape index (κ3) is 11.3. The molecule has 1 atom stereocenters. The fourth-order valence-corrected chi connectivity index (χ4v) is 5.41. The van der Waals surface area contributed by atoms with Crippen LogP contribution in [-0.2, 0) is 9.59 Å². The molecule has 0 fully saturated rings. The standard InChI is InChI=1S/C31H55N5O3/c1-5-7-9-11-13-14-15-16-17-19-21-27(31-33-32-30-25(3)26(4)34-36(30)31)35(28(37)22-23-29(38)39)24-20-18-12-10-8-6-2/h27,34H,5-24H2,1-4H3,(H,38,39). The van der Waals surface area contributed by atoms with Gasteiger partial charge in [-0.1, -0.05) is 110 Å². The number of amides is 1. The Hall–Kier alpha value is -2.38. The summed E-state index contributed by atoms with van der Waals surface area (Å²) < 4.78 is 1.93. The van der Waals surface area contributed by atoms with E-state index in [0.717, 1.165) is 61.3 Å². The van der Waals surface area contributed by atoms with E-state index in [4.69, 9.17) is 0 Å². The minimum Gasteiger partial charge on any atom is -0.481 e. The number of carboxylic acids is 1. The van der Waals surface area contributed by atoms with Gasteiger partial charge in [0.25, 0.3) is 0 Å². The molecule has 0 bridgehead atoms. The van der Waals surface area contributed by atoms with Gasteiger partial charge in [-0.2, -0.15) is 0 Å². The highest BCUT2D eigenvalue weighted by molar-refractivity contribution is 5.81. The van der Waals surface area contributed by atoms with Crippen molar-refractivity contribution in [2.24, 2.45) is 0 Å². The van der Waals surface area contributed by atoms with Crippen LogP contribution < -0.4 is 0 Å². The molecule has 0 spiro atoms. The normalized spacial score (nSPS) is 12.3. The Morgan fingerprint density at radius 3 is 1.90 bits per heavy atom. The van der Waals surface area contributed by atoms with Gasteiger partial charge in [0.1, 0.15) is 0 Å². The lowest BCUT2D eigenvalue weighted by molar-refractivity contribution is -0.142. The first kappa shape index (κ1) is 32.8. The number of fused-ring (bicyclic) bond motifs is 1. The maximum absolute atomic E-state index is 13.4. The van der Waals surface area contributed by atoms with E-state index >= 15 is 0 Å². The SMILES string of the molecule is CCCCCCCCCCCCC(c1nnc2c(C)c(C)[nH]n12)N(CCCCCCCC)C(=O)CCC(=O)O. The van der Waals surface area contributed by atoms with Crippen LogP contribution in [0.25, 0.3) is 5.65 Å². The van der Waals surface area contributed by atoms with Crippen LogP contribution in [0.5, 0.6) is 0 Å². The van der Waals surface area contributed by atoms with Crippen molar-refractivity contribution < 1.29 is 14.7 Å². The second kappa shape index (κ2) is 18.8. The zero-order chi connectivity index (χ0) is 28.5. The topological polar surface area (TPSA) is 104 Å². The fourth-order valence-electron chi connectivity index (χ4n) is 5.41. The smallest absolute Gasteiger partial charge is 0.303 e. The van der Waals surface area contributed by atoms with Crippen LogP contribution in [-0.4, -0.2) is 48.2 Å². The highest BCUT2D eigenvalue weighted by atomic mass is 16.4. The maximum Gasteiger partial charge on any atom is 0.303 e. The third-order valence-corrected chi connectivity index (χ3v) is 8.00. The number of H-pyrrole nitrogens is 1. The van der Waals surface area contributed by atoms with Crippen molar-refractivity contribution in [3.63, 3.8) is 0 Å². The lowest BCUT2D eigenvalue weighted by Gasteiger charge is -2.31. The van der Waals surface area contributed by atoms with E-state index in [1.807, 2.05) is 23.3 Å². The Morgan fingerprint density at radius 1 is 0.795 bits per heavy atom. The molecule has 8 nitrogen and oxygen atoms in total. The van der Waals surface area contributed by atoms with Crippen LogP contribution >= 0.6 is 0 Å².